The average Bonchev–Trinajstić information content (AvgIpc) is 3.22. The number of hydrogen-bond acceptors (Lipinski definition) is 6. The molecular formula is C23H21N7. The third-order valence-electron chi connectivity index (χ3n) is 4.61. The van der Waals surface area contributed by atoms with Crippen LogP contribution in [0, 0.1) is 12.3 Å². The van der Waals surface area contributed by atoms with Gasteiger partial charge in [0.05, 0.1) is 29.8 Å². The molecule has 0 spiro atoms. The summed E-state index contributed by atoms with van der Waals surface area (Å²) in [6.45, 7) is 4.76. The molecule has 0 saturated carbocycles. The smallest absolute Gasteiger partial charge is 0.221 e. The Balaban J connectivity index is 1.63. The first-order valence-corrected chi connectivity index (χ1v) is 9.60. The standard InChI is InChI=1S/C23H21N7/c1-4-16-7-5-8-17(11-16)20-12-21(27-23(24)26-20)22-14-30(29-28-22)13-18-9-6-10-19(25-18)15(2)3/h1,5-12,14-15H,13H2,2-3H3,(H2,24,26,27). The Bertz CT molecular complexity index is 1230. The molecule has 3 heterocycles. The van der Waals surface area contributed by atoms with Gasteiger partial charge in [0.25, 0.3) is 0 Å². The van der Waals surface area contributed by atoms with Crippen LogP contribution >= 0.6 is 0 Å². The summed E-state index contributed by atoms with van der Waals surface area (Å²) in [6, 6.07) is 15.4. The molecule has 0 aliphatic heterocycles. The van der Waals surface area contributed by atoms with E-state index >= 15 is 0 Å². The SMILES string of the molecule is C#Cc1cccc(-c2cc(-c3cn(Cc4cccc(C(C)C)n4)nn3)nc(N)n2)c1. The number of rotatable bonds is 5. The second-order valence-electron chi connectivity index (χ2n) is 7.23. The van der Waals surface area contributed by atoms with Crippen LogP contribution in [0.3, 0.4) is 0 Å². The fourth-order valence-electron chi connectivity index (χ4n) is 3.08. The fraction of sp³-hybridized carbons (Fsp3) is 0.174. The van der Waals surface area contributed by atoms with Gasteiger partial charge in [-0.25, -0.2) is 14.6 Å². The van der Waals surface area contributed by atoms with Crippen LogP contribution in [-0.2, 0) is 6.54 Å². The van der Waals surface area contributed by atoms with Crippen molar-refractivity contribution in [3.63, 3.8) is 0 Å². The first-order chi connectivity index (χ1) is 14.5. The molecule has 0 bridgehead atoms. The first kappa shape index (κ1) is 19.3. The number of anilines is 1. The van der Waals surface area contributed by atoms with Crippen molar-refractivity contribution in [2.45, 2.75) is 26.3 Å². The Morgan fingerprint density at radius 3 is 2.60 bits per heavy atom. The highest BCUT2D eigenvalue weighted by Gasteiger charge is 2.12. The van der Waals surface area contributed by atoms with Crippen molar-refractivity contribution in [1.29, 1.82) is 0 Å². The lowest BCUT2D eigenvalue weighted by Crippen LogP contribution is -2.04. The topological polar surface area (TPSA) is 95.4 Å². The molecule has 7 heteroatoms. The number of terminal acetylenes is 1. The molecule has 0 aliphatic rings. The summed E-state index contributed by atoms with van der Waals surface area (Å²) < 4.78 is 1.73. The van der Waals surface area contributed by atoms with Crippen LogP contribution in [0.2, 0.25) is 0 Å². The Labute approximate surface area is 175 Å². The maximum atomic E-state index is 5.95. The zero-order valence-electron chi connectivity index (χ0n) is 16.8. The highest BCUT2D eigenvalue weighted by atomic mass is 15.4. The summed E-state index contributed by atoms with van der Waals surface area (Å²) in [5.41, 5.74) is 11.4. The Hall–Kier alpha value is -4.05. The molecule has 1 aromatic carbocycles. The number of nitrogens with two attached hydrogens (primary N) is 1. The molecule has 0 fully saturated rings. The van der Waals surface area contributed by atoms with E-state index in [9.17, 15) is 0 Å². The van der Waals surface area contributed by atoms with E-state index in [1.54, 1.807) is 4.68 Å². The summed E-state index contributed by atoms with van der Waals surface area (Å²) in [7, 11) is 0. The number of nitrogen functional groups attached to an aromatic ring is 1. The Kier molecular flexibility index (Phi) is 5.22. The molecule has 0 radical (unpaired) electrons. The number of aromatic nitrogens is 6. The predicted octanol–water partition coefficient (Wildman–Crippen LogP) is 3.53. The van der Waals surface area contributed by atoms with Crippen molar-refractivity contribution in [2.75, 3.05) is 5.73 Å². The van der Waals surface area contributed by atoms with E-state index in [1.165, 1.54) is 0 Å². The zero-order chi connectivity index (χ0) is 21.1. The van der Waals surface area contributed by atoms with Crippen molar-refractivity contribution in [3.8, 4) is 35.0 Å². The minimum absolute atomic E-state index is 0.162. The molecule has 148 valence electrons. The molecule has 0 atom stereocenters. The Morgan fingerprint density at radius 2 is 1.80 bits per heavy atom. The highest BCUT2D eigenvalue weighted by Crippen LogP contribution is 2.24. The molecule has 0 unspecified atom stereocenters. The predicted molar refractivity (Wildman–Crippen MR) is 116 cm³/mol. The molecule has 2 N–H and O–H groups in total. The van der Waals surface area contributed by atoms with E-state index in [1.807, 2.05) is 54.7 Å². The van der Waals surface area contributed by atoms with Crippen molar-refractivity contribution in [2.24, 2.45) is 0 Å². The number of benzene rings is 1. The third kappa shape index (κ3) is 4.18. The van der Waals surface area contributed by atoms with Crippen molar-refractivity contribution < 1.29 is 0 Å². The maximum absolute atomic E-state index is 5.95. The monoisotopic (exact) mass is 395 g/mol. The normalized spacial score (nSPS) is 10.9. The van der Waals surface area contributed by atoms with E-state index in [4.69, 9.17) is 12.2 Å². The summed E-state index contributed by atoms with van der Waals surface area (Å²) in [5.74, 6) is 3.16. The minimum Gasteiger partial charge on any atom is -0.368 e. The van der Waals surface area contributed by atoms with E-state index in [2.05, 4.69) is 45.0 Å². The molecule has 3 aromatic heterocycles. The average molecular weight is 395 g/mol. The van der Waals surface area contributed by atoms with Gasteiger partial charge in [0.15, 0.2) is 0 Å². The quantitative estimate of drug-likeness (QED) is 0.519. The van der Waals surface area contributed by atoms with E-state index in [0.29, 0.717) is 29.5 Å². The molecule has 7 nitrogen and oxygen atoms in total. The molecule has 0 aliphatic carbocycles. The van der Waals surface area contributed by atoms with Gasteiger partial charge in [0.1, 0.15) is 5.69 Å². The highest BCUT2D eigenvalue weighted by molar-refractivity contribution is 5.68. The van der Waals surface area contributed by atoms with Crippen LogP contribution in [0.5, 0.6) is 0 Å². The summed E-state index contributed by atoms with van der Waals surface area (Å²) >= 11 is 0. The molecule has 4 aromatic rings. The fourth-order valence-corrected chi connectivity index (χ4v) is 3.08. The number of nitrogens with zero attached hydrogens (tertiary/aromatic N) is 6. The van der Waals surface area contributed by atoms with E-state index in [-0.39, 0.29) is 5.95 Å². The number of pyridine rings is 1. The second-order valence-corrected chi connectivity index (χ2v) is 7.23. The van der Waals surface area contributed by atoms with Gasteiger partial charge in [-0.1, -0.05) is 43.2 Å². The molecule has 30 heavy (non-hydrogen) atoms. The van der Waals surface area contributed by atoms with Gasteiger partial charge in [-0.2, -0.15) is 0 Å². The summed E-state index contributed by atoms with van der Waals surface area (Å²) in [6.07, 6.45) is 7.33. The lowest BCUT2D eigenvalue weighted by atomic mass is 10.1. The zero-order valence-corrected chi connectivity index (χ0v) is 16.8. The van der Waals surface area contributed by atoms with E-state index in [0.717, 1.165) is 22.5 Å². The van der Waals surface area contributed by atoms with Gasteiger partial charge in [-0.15, -0.1) is 11.5 Å². The molecule has 0 saturated heterocycles. The number of hydrogen-bond donors (Lipinski definition) is 1. The van der Waals surface area contributed by atoms with Gasteiger partial charge in [0, 0.05) is 16.8 Å². The van der Waals surface area contributed by atoms with Crippen LogP contribution in [0.1, 0.15) is 36.7 Å². The van der Waals surface area contributed by atoms with Crippen LogP contribution in [-0.4, -0.2) is 29.9 Å². The van der Waals surface area contributed by atoms with Crippen molar-refractivity contribution in [1.82, 2.24) is 29.9 Å². The molecule has 0 amide bonds. The summed E-state index contributed by atoms with van der Waals surface area (Å²) in [5, 5.41) is 8.48. The van der Waals surface area contributed by atoms with Crippen molar-refractivity contribution in [3.05, 3.63) is 71.7 Å². The van der Waals surface area contributed by atoms with Gasteiger partial charge in [-0.05, 0) is 36.2 Å². The van der Waals surface area contributed by atoms with Gasteiger partial charge in [-0.3, -0.25) is 4.98 Å². The minimum atomic E-state index is 0.162. The molecular weight excluding hydrogens is 374 g/mol. The lowest BCUT2D eigenvalue weighted by molar-refractivity contribution is 0.634. The van der Waals surface area contributed by atoms with Crippen LogP contribution in [0.25, 0.3) is 22.6 Å². The largest absolute Gasteiger partial charge is 0.368 e. The first-order valence-electron chi connectivity index (χ1n) is 9.60. The lowest BCUT2D eigenvalue weighted by Gasteiger charge is -2.07. The Morgan fingerprint density at radius 1 is 1.00 bits per heavy atom. The van der Waals surface area contributed by atoms with Crippen LogP contribution in [0.15, 0.2) is 54.7 Å². The van der Waals surface area contributed by atoms with Crippen LogP contribution < -0.4 is 5.73 Å². The van der Waals surface area contributed by atoms with Gasteiger partial charge in [0.2, 0.25) is 5.95 Å². The van der Waals surface area contributed by atoms with Crippen molar-refractivity contribution >= 4 is 5.95 Å². The summed E-state index contributed by atoms with van der Waals surface area (Å²) in [4.78, 5) is 13.3. The van der Waals surface area contributed by atoms with Crippen LogP contribution in [0.4, 0.5) is 5.95 Å². The van der Waals surface area contributed by atoms with Gasteiger partial charge >= 0.3 is 0 Å². The second kappa shape index (κ2) is 8.13. The maximum Gasteiger partial charge on any atom is 0.221 e. The van der Waals surface area contributed by atoms with Gasteiger partial charge < -0.3 is 5.73 Å². The van der Waals surface area contributed by atoms with E-state index < -0.39 is 0 Å². The third-order valence-corrected chi connectivity index (χ3v) is 4.61. The molecule has 4 rings (SSSR count).